The van der Waals surface area contributed by atoms with Crippen LogP contribution in [0.15, 0.2) is 0 Å². The fraction of sp³-hybridized carbons (Fsp3) is 0.667. The molecule has 0 bridgehead atoms. The Hall–Kier alpha value is -1.06. The van der Waals surface area contributed by atoms with Gasteiger partial charge in [0, 0.05) is 13.0 Å². The highest BCUT2D eigenvalue weighted by Crippen LogP contribution is 1.75. The normalized spacial score (nSPS) is 8.50. The van der Waals surface area contributed by atoms with Crippen molar-refractivity contribution in [2.45, 2.75) is 13.3 Å². The summed E-state index contributed by atoms with van der Waals surface area (Å²) in [6, 6.07) is 0. The van der Waals surface area contributed by atoms with Crippen molar-refractivity contribution in [1.29, 1.82) is 0 Å². The minimum atomic E-state index is -0.468. The maximum Gasteiger partial charge on any atom is 0.407 e. The number of rotatable bonds is 4. The molecule has 0 aromatic rings. The Labute approximate surface area is 59.6 Å². The third-order valence-corrected chi connectivity index (χ3v) is 0.807. The summed E-state index contributed by atoms with van der Waals surface area (Å²) in [5, 5.41) is 2.39. The molecule has 1 N–H and O–H groups in total. The van der Waals surface area contributed by atoms with Crippen molar-refractivity contribution >= 4 is 12.4 Å². The summed E-state index contributed by atoms with van der Waals surface area (Å²) in [5.74, 6) is 0. The first-order valence-electron chi connectivity index (χ1n) is 3.15. The van der Waals surface area contributed by atoms with Gasteiger partial charge in [-0.2, -0.15) is 0 Å². The molecule has 0 unspecified atom stereocenters. The summed E-state index contributed by atoms with van der Waals surface area (Å²) in [6.07, 6.45) is 0.606. The SMILES string of the molecule is CCOC(=O)NCCC=O. The highest BCUT2D eigenvalue weighted by Gasteiger charge is 1.95. The number of ether oxygens (including phenoxy) is 1. The van der Waals surface area contributed by atoms with E-state index in [4.69, 9.17) is 0 Å². The quantitative estimate of drug-likeness (QED) is 0.458. The number of hydrogen-bond acceptors (Lipinski definition) is 3. The highest BCUT2D eigenvalue weighted by atomic mass is 16.5. The Morgan fingerprint density at radius 1 is 1.70 bits per heavy atom. The minimum absolute atomic E-state index is 0.332. The fourth-order valence-electron chi connectivity index (χ4n) is 0.415. The zero-order chi connectivity index (χ0) is 7.82. The van der Waals surface area contributed by atoms with E-state index in [0.29, 0.717) is 19.6 Å². The summed E-state index contributed by atoms with van der Waals surface area (Å²) in [4.78, 5) is 20.2. The van der Waals surface area contributed by atoms with Crippen LogP contribution in [0.3, 0.4) is 0 Å². The molecule has 0 spiro atoms. The van der Waals surface area contributed by atoms with E-state index in [0.717, 1.165) is 6.29 Å². The predicted octanol–water partition coefficient (Wildman–Crippen LogP) is 0.321. The molecule has 0 atom stereocenters. The van der Waals surface area contributed by atoms with Gasteiger partial charge in [-0.15, -0.1) is 0 Å². The van der Waals surface area contributed by atoms with Gasteiger partial charge >= 0.3 is 6.09 Å². The van der Waals surface area contributed by atoms with E-state index in [1.165, 1.54) is 0 Å². The lowest BCUT2D eigenvalue weighted by molar-refractivity contribution is -0.107. The van der Waals surface area contributed by atoms with E-state index < -0.39 is 6.09 Å². The third kappa shape index (κ3) is 5.08. The summed E-state index contributed by atoms with van der Waals surface area (Å²) in [6.45, 7) is 2.43. The summed E-state index contributed by atoms with van der Waals surface area (Å²) < 4.78 is 4.52. The van der Waals surface area contributed by atoms with Crippen LogP contribution in [-0.4, -0.2) is 25.5 Å². The van der Waals surface area contributed by atoms with Crippen LogP contribution in [0.4, 0.5) is 4.79 Å². The van der Waals surface area contributed by atoms with E-state index >= 15 is 0 Å². The molecular formula is C6H11NO3. The molecule has 4 heteroatoms. The number of carbonyl (C=O) groups excluding carboxylic acids is 2. The minimum Gasteiger partial charge on any atom is -0.450 e. The molecule has 4 nitrogen and oxygen atoms in total. The van der Waals surface area contributed by atoms with E-state index in [1.807, 2.05) is 0 Å². The lowest BCUT2D eigenvalue weighted by Crippen LogP contribution is -2.25. The van der Waals surface area contributed by atoms with Crippen molar-refractivity contribution in [3.05, 3.63) is 0 Å². The van der Waals surface area contributed by atoms with Gasteiger partial charge in [-0.3, -0.25) is 0 Å². The van der Waals surface area contributed by atoms with Crippen LogP contribution in [0.1, 0.15) is 13.3 Å². The van der Waals surface area contributed by atoms with Gasteiger partial charge in [-0.25, -0.2) is 4.79 Å². The molecule has 58 valence electrons. The van der Waals surface area contributed by atoms with Gasteiger partial charge in [0.1, 0.15) is 6.29 Å². The Kier molecular flexibility index (Phi) is 5.42. The molecule has 0 heterocycles. The van der Waals surface area contributed by atoms with Gasteiger partial charge in [0.2, 0.25) is 0 Å². The van der Waals surface area contributed by atoms with E-state index in [-0.39, 0.29) is 0 Å². The zero-order valence-electron chi connectivity index (χ0n) is 5.92. The lowest BCUT2D eigenvalue weighted by atomic mass is 10.5. The number of alkyl carbamates (subject to hydrolysis) is 1. The first kappa shape index (κ1) is 8.94. The number of aldehydes is 1. The molecule has 0 aliphatic carbocycles. The largest absolute Gasteiger partial charge is 0.450 e. The first-order chi connectivity index (χ1) is 4.81. The Morgan fingerprint density at radius 2 is 2.40 bits per heavy atom. The second-order valence-electron chi connectivity index (χ2n) is 1.60. The summed E-state index contributed by atoms with van der Waals surface area (Å²) in [7, 11) is 0. The first-order valence-corrected chi connectivity index (χ1v) is 3.15. The van der Waals surface area contributed by atoms with Crippen molar-refractivity contribution in [1.82, 2.24) is 5.32 Å². The van der Waals surface area contributed by atoms with Crippen LogP contribution in [0.5, 0.6) is 0 Å². The number of amides is 1. The molecule has 10 heavy (non-hydrogen) atoms. The molecule has 0 aliphatic rings. The second kappa shape index (κ2) is 6.07. The highest BCUT2D eigenvalue weighted by molar-refractivity contribution is 5.67. The van der Waals surface area contributed by atoms with Crippen LogP contribution in [-0.2, 0) is 9.53 Å². The van der Waals surface area contributed by atoms with Gasteiger partial charge in [0.25, 0.3) is 0 Å². The molecule has 0 radical (unpaired) electrons. The number of hydrogen-bond donors (Lipinski definition) is 1. The second-order valence-corrected chi connectivity index (χ2v) is 1.60. The van der Waals surface area contributed by atoms with Crippen molar-refractivity contribution in [3.63, 3.8) is 0 Å². The molecule has 0 rings (SSSR count). The summed E-state index contributed by atoms with van der Waals surface area (Å²) >= 11 is 0. The maximum absolute atomic E-state index is 10.5. The van der Waals surface area contributed by atoms with Crippen molar-refractivity contribution in [3.8, 4) is 0 Å². The number of carbonyl (C=O) groups is 2. The van der Waals surface area contributed by atoms with Crippen LogP contribution in [0, 0.1) is 0 Å². The van der Waals surface area contributed by atoms with Crippen LogP contribution < -0.4 is 5.32 Å². The summed E-state index contributed by atoms with van der Waals surface area (Å²) in [5.41, 5.74) is 0. The topological polar surface area (TPSA) is 55.4 Å². The number of nitrogens with one attached hydrogen (secondary N) is 1. The van der Waals surface area contributed by atoms with Crippen LogP contribution in [0.2, 0.25) is 0 Å². The maximum atomic E-state index is 10.5. The van der Waals surface area contributed by atoms with E-state index in [2.05, 4.69) is 10.1 Å². The van der Waals surface area contributed by atoms with Crippen molar-refractivity contribution in [2.24, 2.45) is 0 Å². The molecule has 0 fully saturated rings. The van der Waals surface area contributed by atoms with Crippen molar-refractivity contribution in [2.75, 3.05) is 13.2 Å². The standard InChI is InChI=1S/C6H11NO3/c1-2-10-6(9)7-4-3-5-8/h5H,2-4H2,1H3,(H,7,9). The van der Waals surface area contributed by atoms with Gasteiger partial charge in [0.15, 0.2) is 0 Å². The average Bonchev–Trinajstić information content (AvgIpc) is 1.89. The molecule has 0 aromatic carbocycles. The monoisotopic (exact) mass is 145 g/mol. The Morgan fingerprint density at radius 3 is 2.90 bits per heavy atom. The third-order valence-electron chi connectivity index (χ3n) is 0.807. The average molecular weight is 145 g/mol. The molecule has 1 amide bonds. The van der Waals surface area contributed by atoms with Gasteiger partial charge in [-0.1, -0.05) is 0 Å². The van der Waals surface area contributed by atoms with Crippen molar-refractivity contribution < 1.29 is 14.3 Å². The predicted molar refractivity (Wildman–Crippen MR) is 35.7 cm³/mol. The van der Waals surface area contributed by atoms with Gasteiger partial charge < -0.3 is 14.8 Å². The van der Waals surface area contributed by atoms with Crippen LogP contribution >= 0.6 is 0 Å². The Bertz CT molecular complexity index is 114. The molecule has 0 aliphatic heterocycles. The van der Waals surface area contributed by atoms with Gasteiger partial charge in [0.05, 0.1) is 6.61 Å². The van der Waals surface area contributed by atoms with E-state index in [9.17, 15) is 9.59 Å². The van der Waals surface area contributed by atoms with E-state index in [1.54, 1.807) is 6.92 Å². The fourth-order valence-corrected chi connectivity index (χ4v) is 0.415. The molecule has 0 saturated carbocycles. The molecule has 0 saturated heterocycles. The molecular weight excluding hydrogens is 134 g/mol. The zero-order valence-corrected chi connectivity index (χ0v) is 5.92. The molecule has 0 aromatic heterocycles. The van der Waals surface area contributed by atoms with Crippen LogP contribution in [0.25, 0.3) is 0 Å². The lowest BCUT2D eigenvalue weighted by Gasteiger charge is -2.01. The Balaban J connectivity index is 3.13. The van der Waals surface area contributed by atoms with Gasteiger partial charge in [-0.05, 0) is 6.92 Å². The smallest absolute Gasteiger partial charge is 0.407 e.